The molecule has 0 aromatic heterocycles. The number of halogens is 2. The molecule has 0 saturated heterocycles. The molecule has 0 atom stereocenters. The minimum Gasteiger partial charge on any atom is -0.379 e. The second-order valence-electron chi connectivity index (χ2n) is 3.67. The molecule has 1 aromatic rings. The van der Waals surface area contributed by atoms with E-state index in [0.717, 1.165) is 18.7 Å². The van der Waals surface area contributed by atoms with Crippen LogP contribution in [0.1, 0.15) is 5.56 Å². The van der Waals surface area contributed by atoms with E-state index in [1.54, 1.807) is 12.1 Å². The summed E-state index contributed by atoms with van der Waals surface area (Å²) in [6, 6.07) is 6.64. The lowest BCUT2D eigenvalue weighted by atomic mass is 10.2. The van der Waals surface area contributed by atoms with Gasteiger partial charge in [-0.3, -0.25) is 4.90 Å². The Morgan fingerprint density at radius 3 is 2.88 bits per heavy atom. The van der Waals surface area contributed by atoms with Crippen LogP contribution in [0.4, 0.5) is 4.39 Å². The van der Waals surface area contributed by atoms with E-state index in [9.17, 15) is 4.39 Å². The van der Waals surface area contributed by atoms with Crippen LogP contribution < -0.4 is 0 Å². The fourth-order valence-electron chi connectivity index (χ4n) is 1.40. The lowest BCUT2D eigenvalue weighted by Crippen LogP contribution is -2.23. The minimum absolute atomic E-state index is 0.190. The number of ether oxygens (including phenoxy) is 1. The van der Waals surface area contributed by atoms with Crippen LogP contribution in [0.2, 0.25) is 0 Å². The maximum atomic E-state index is 12.9. The van der Waals surface area contributed by atoms with Crippen molar-refractivity contribution in [3.05, 3.63) is 35.6 Å². The fourth-order valence-corrected chi connectivity index (χ4v) is 1.51. The molecule has 90 valence electrons. The Balaban J connectivity index is 2.25. The Morgan fingerprint density at radius 2 is 2.19 bits per heavy atom. The zero-order valence-electron chi connectivity index (χ0n) is 9.46. The summed E-state index contributed by atoms with van der Waals surface area (Å²) in [5, 5.41) is 0. The molecular formula is C12H17ClFNO. The number of benzene rings is 1. The summed E-state index contributed by atoms with van der Waals surface area (Å²) in [4.78, 5) is 2.09. The predicted octanol–water partition coefficient (Wildman–Crippen LogP) is 2.51. The first-order chi connectivity index (χ1) is 7.72. The van der Waals surface area contributed by atoms with Gasteiger partial charge in [0.25, 0.3) is 0 Å². The molecule has 0 heterocycles. The Hall–Kier alpha value is -0.640. The molecule has 0 aliphatic carbocycles. The molecule has 0 aliphatic heterocycles. The number of hydrogen-bond acceptors (Lipinski definition) is 2. The standard InChI is InChI=1S/C12H17ClFNO/c1-15(6-8-16-7-5-13)10-11-3-2-4-12(14)9-11/h2-4,9H,5-8,10H2,1H3. The first-order valence-corrected chi connectivity index (χ1v) is 5.82. The van der Waals surface area contributed by atoms with E-state index in [1.165, 1.54) is 6.07 Å². The first-order valence-electron chi connectivity index (χ1n) is 5.29. The Morgan fingerprint density at radius 1 is 1.38 bits per heavy atom. The van der Waals surface area contributed by atoms with Gasteiger partial charge in [0.1, 0.15) is 5.82 Å². The van der Waals surface area contributed by atoms with E-state index in [2.05, 4.69) is 4.90 Å². The van der Waals surface area contributed by atoms with Crippen molar-refractivity contribution in [2.75, 3.05) is 32.7 Å². The van der Waals surface area contributed by atoms with Gasteiger partial charge in [-0.25, -0.2) is 4.39 Å². The highest BCUT2D eigenvalue weighted by molar-refractivity contribution is 6.17. The average molecular weight is 246 g/mol. The van der Waals surface area contributed by atoms with Crippen LogP contribution in [0, 0.1) is 5.82 Å². The molecular weight excluding hydrogens is 229 g/mol. The zero-order valence-corrected chi connectivity index (χ0v) is 10.2. The quantitative estimate of drug-likeness (QED) is 0.541. The summed E-state index contributed by atoms with van der Waals surface area (Å²) in [5.41, 5.74) is 0.972. The van der Waals surface area contributed by atoms with Gasteiger partial charge < -0.3 is 4.74 Å². The van der Waals surface area contributed by atoms with Crippen molar-refractivity contribution in [3.63, 3.8) is 0 Å². The maximum Gasteiger partial charge on any atom is 0.123 e. The molecule has 0 fully saturated rings. The molecule has 0 radical (unpaired) electrons. The van der Waals surface area contributed by atoms with E-state index in [0.29, 0.717) is 19.1 Å². The second kappa shape index (κ2) is 7.60. The molecule has 0 spiro atoms. The molecule has 0 amide bonds. The van der Waals surface area contributed by atoms with Crippen molar-refractivity contribution in [1.82, 2.24) is 4.90 Å². The SMILES string of the molecule is CN(CCOCCCl)Cc1cccc(F)c1. The molecule has 4 heteroatoms. The number of hydrogen-bond donors (Lipinski definition) is 0. The highest BCUT2D eigenvalue weighted by Gasteiger charge is 2.01. The van der Waals surface area contributed by atoms with Gasteiger partial charge in [-0.1, -0.05) is 12.1 Å². The topological polar surface area (TPSA) is 12.5 Å². The molecule has 0 saturated carbocycles. The van der Waals surface area contributed by atoms with Crippen LogP contribution in [-0.2, 0) is 11.3 Å². The van der Waals surface area contributed by atoms with Gasteiger partial charge in [0.15, 0.2) is 0 Å². The third kappa shape index (κ3) is 5.45. The normalized spacial score (nSPS) is 11.0. The highest BCUT2D eigenvalue weighted by atomic mass is 35.5. The molecule has 1 aromatic carbocycles. The summed E-state index contributed by atoms with van der Waals surface area (Å²) >= 11 is 5.48. The van der Waals surface area contributed by atoms with Crippen molar-refractivity contribution in [3.8, 4) is 0 Å². The smallest absolute Gasteiger partial charge is 0.123 e. The molecule has 0 N–H and O–H groups in total. The third-order valence-electron chi connectivity index (χ3n) is 2.18. The van der Waals surface area contributed by atoms with Crippen LogP contribution in [0.15, 0.2) is 24.3 Å². The fraction of sp³-hybridized carbons (Fsp3) is 0.500. The van der Waals surface area contributed by atoms with E-state index >= 15 is 0 Å². The van der Waals surface area contributed by atoms with Crippen LogP contribution >= 0.6 is 11.6 Å². The molecule has 1 rings (SSSR count). The van der Waals surface area contributed by atoms with E-state index in [-0.39, 0.29) is 5.82 Å². The van der Waals surface area contributed by atoms with Gasteiger partial charge in [0, 0.05) is 19.0 Å². The average Bonchev–Trinajstić information content (AvgIpc) is 2.24. The number of nitrogens with zero attached hydrogens (tertiary/aromatic N) is 1. The van der Waals surface area contributed by atoms with Gasteiger partial charge >= 0.3 is 0 Å². The lowest BCUT2D eigenvalue weighted by molar-refractivity contribution is 0.121. The molecule has 0 unspecified atom stereocenters. The Bertz CT molecular complexity index is 309. The van der Waals surface area contributed by atoms with Crippen molar-refractivity contribution in [1.29, 1.82) is 0 Å². The lowest BCUT2D eigenvalue weighted by Gasteiger charge is -2.16. The summed E-state index contributed by atoms with van der Waals surface area (Å²) < 4.78 is 18.2. The largest absolute Gasteiger partial charge is 0.379 e. The van der Waals surface area contributed by atoms with E-state index < -0.39 is 0 Å². The maximum absolute atomic E-state index is 12.9. The molecule has 0 aliphatic rings. The van der Waals surface area contributed by atoms with Crippen LogP contribution in [0.3, 0.4) is 0 Å². The molecule has 16 heavy (non-hydrogen) atoms. The number of likely N-dealkylation sites (N-methyl/N-ethyl adjacent to an activating group) is 1. The van der Waals surface area contributed by atoms with Crippen LogP contribution in [-0.4, -0.2) is 37.6 Å². The Kier molecular flexibility index (Phi) is 6.38. The van der Waals surface area contributed by atoms with E-state index in [4.69, 9.17) is 16.3 Å². The summed E-state index contributed by atoms with van der Waals surface area (Å²) in [6.07, 6.45) is 0. The van der Waals surface area contributed by atoms with Gasteiger partial charge in [-0.15, -0.1) is 11.6 Å². The summed E-state index contributed by atoms with van der Waals surface area (Å²) in [6.45, 7) is 2.77. The number of alkyl halides is 1. The highest BCUT2D eigenvalue weighted by Crippen LogP contribution is 2.05. The summed E-state index contributed by atoms with van der Waals surface area (Å²) in [7, 11) is 1.98. The van der Waals surface area contributed by atoms with Crippen molar-refractivity contribution in [2.45, 2.75) is 6.54 Å². The van der Waals surface area contributed by atoms with Crippen molar-refractivity contribution in [2.24, 2.45) is 0 Å². The second-order valence-corrected chi connectivity index (χ2v) is 4.05. The van der Waals surface area contributed by atoms with Crippen LogP contribution in [0.5, 0.6) is 0 Å². The van der Waals surface area contributed by atoms with Crippen LogP contribution in [0.25, 0.3) is 0 Å². The van der Waals surface area contributed by atoms with Crippen molar-refractivity contribution < 1.29 is 9.13 Å². The van der Waals surface area contributed by atoms with Gasteiger partial charge in [-0.05, 0) is 24.7 Å². The van der Waals surface area contributed by atoms with Gasteiger partial charge in [-0.2, -0.15) is 0 Å². The molecule has 2 nitrogen and oxygen atoms in total. The summed E-state index contributed by atoms with van der Waals surface area (Å²) in [5.74, 6) is 0.331. The third-order valence-corrected chi connectivity index (χ3v) is 2.33. The van der Waals surface area contributed by atoms with Crippen molar-refractivity contribution >= 4 is 11.6 Å². The zero-order chi connectivity index (χ0) is 11.8. The predicted molar refractivity (Wildman–Crippen MR) is 64.3 cm³/mol. The minimum atomic E-state index is -0.190. The van der Waals surface area contributed by atoms with Gasteiger partial charge in [0.05, 0.1) is 13.2 Å². The monoisotopic (exact) mass is 245 g/mol. The molecule has 0 bridgehead atoms. The van der Waals surface area contributed by atoms with Gasteiger partial charge in [0.2, 0.25) is 0 Å². The Labute approximate surface area is 101 Å². The first kappa shape index (κ1) is 13.4. The van der Waals surface area contributed by atoms with E-state index in [1.807, 2.05) is 13.1 Å². The number of rotatable bonds is 7.